The molecule has 3 rings (SSSR count). The maximum absolute atomic E-state index is 12.5. The second kappa shape index (κ2) is 7.56. The fourth-order valence-corrected chi connectivity index (χ4v) is 3.82. The monoisotopic (exact) mass is 344 g/mol. The van der Waals surface area contributed by atoms with Gasteiger partial charge in [-0.1, -0.05) is 37.0 Å². The van der Waals surface area contributed by atoms with Gasteiger partial charge in [-0.15, -0.1) is 0 Å². The minimum absolute atomic E-state index is 0.0202. The lowest BCUT2D eigenvalue weighted by atomic mass is 9.82. The first-order chi connectivity index (χ1) is 12.0. The Bertz CT molecular complexity index is 612. The van der Waals surface area contributed by atoms with Crippen LogP contribution in [0.15, 0.2) is 24.3 Å². The third-order valence-corrected chi connectivity index (χ3v) is 5.48. The van der Waals surface area contributed by atoms with Gasteiger partial charge in [-0.3, -0.25) is 9.59 Å². The molecule has 0 aromatic heterocycles. The highest BCUT2D eigenvalue weighted by atomic mass is 16.3. The van der Waals surface area contributed by atoms with Crippen LogP contribution >= 0.6 is 0 Å². The molecule has 1 saturated carbocycles. The van der Waals surface area contributed by atoms with E-state index in [2.05, 4.69) is 0 Å². The Morgan fingerprint density at radius 2 is 1.52 bits per heavy atom. The van der Waals surface area contributed by atoms with E-state index in [-0.39, 0.29) is 18.2 Å². The summed E-state index contributed by atoms with van der Waals surface area (Å²) < 4.78 is 0. The van der Waals surface area contributed by atoms with Crippen LogP contribution in [0.2, 0.25) is 0 Å². The summed E-state index contributed by atoms with van der Waals surface area (Å²) >= 11 is 0. The lowest BCUT2D eigenvalue weighted by Gasteiger charge is -2.38. The minimum atomic E-state index is -0.815. The molecule has 1 aliphatic carbocycles. The van der Waals surface area contributed by atoms with Crippen molar-refractivity contribution in [3.63, 3.8) is 0 Å². The molecule has 136 valence electrons. The Labute approximate surface area is 149 Å². The van der Waals surface area contributed by atoms with Gasteiger partial charge in [-0.05, 0) is 31.9 Å². The van der Waals surface area contributed by atoms with Crippen LogP contribution in [0.25, 0.3) is 0 Å². The normalized spacial score (nSPS) is 20.4. The van der Waals surface area contributed by atoms with E-state index < -0.39 is 5.60 Å². The van der Waals surface area contributed by atoms with Gasteiger partial charge in [0.2, 0.25) is 5.91 Å². The molecule has 0 atom stereocenters. The highest BCUT2D eigenvalue weighted by Crippen LogP contribution is 2.31. The standard InChI is InChI=1S/C20H28N2O3/c1-16-5-7-17(8-6-16)19(24)22-13-11-21(12-14-22)18(23)15-20(25)9-3-2-4-10-20/h5-8,25H,2-4,9-15H2,1H3. The molecule has 0 spiro atoms. The van der Waals surface area contributed by atoms with Crippen molar-refractivity contribution >= 4 is 11.8 Å². The van der Waals surface area contributed by atoms with Gasteiger partial charge in [0.1, 0.15) is 0 Å². The van der Waals surface area contributed by atoms with Gasteiger partial charge in [0.25, 0.3) is 5.91 Å². The van der Waals surface area contributed by atoms with Crippen molar-refractivity contribution in [2.24, 2.45) is 0 Å². The summed E-state index contributed by atoms with van der Waals surface area (Å²) in [4.78, 5) is 28.7. The zero-order valence-corrected chi connectivity index (χ0v) is 15.0. The SMILES string of the molecule is Cc1ccc(C(=O)N2CCN(C(=O)CC3(O)CCCCC3)CC2)cc1. The molecule has 2 aliphatic rings. The zero-order chi connectivity index (χ0) is 17.9. The third kappa shape index (κ3) is 4.40. The average Bonchev–Trinajstić information content (AvgIpc) is 2.62. The van der Waals surface area contributed by atoms with Crippen molar-refractivity contribution in [2.75, 3.05) is 26.2 Å². The Morgan fingerprint density at radius 1 is 0.960 bits per heavy atom. The van der Waals surface area contributed by atoms with Gasteiger partial charge in [0.15, 0.2) is 0 Å². The molecule has 2 amide bonds. The second-order valence-electron chi connectivity index (χ2n) is 7.50. The predicted molar refractivity (Wildman–Crippen MR) is 96.3 cm³/mol. The predicted octanol–water partition coefficient (Wildman–Crippen LogP) is 2.36. The van der Waals surface area contributed by atoms with Gasteiger partial charge in [-0.25, -0.2) is 0 Å². The molecule has 5 heteroatoms. The summed E-state index contributed by atoms with van der Waals surface area (Å²) in [6.45, 7) is 4.20. The molecular weight excluding hydrogens is 316 g/mol. The number of nitrogens with zero attached hydrogens (tertiary/aromatic N) is 2. The molecule has 1 aliphatic heterocycles. The highest BCUT2D eigenvalue weighted by molar-refractivity contribution is 5.94. The number of hydrogen-bond donors (Lipinski definition) is 1. The number of amides is 2. The molecule has 0 bridgehead atoms. The largest absolute Gasteiger partial charge is 0.389 e. The van der Waals surface area contributed by atoms with Crippen LogP contribution in [0.1, 0.15) is 54.4 Å². The molecule has 1 N–H and O–H groups in total. The molecule has 1 saturated heterocycles. The van der Waals surface area contributed by atoms with Crippen LogP contribution in [0, 0.1) is 6.92 Å². The van der Waals surface area contributed by atoms with Gasteiger partial charge in [0, 0.05) is 31.7 Å². The molecule has 0 unspecified atom stereocenters. The first-order valence-corrected chi connectivity index (χ1v) is 9.33. The molecule has 5 nitrogen and oxygen atoms in total. The highest BCUT2D eigenvalue weighted by Gasteiger charge is 2.34. The van der Waals surface area contributed by atoms with E-state index in [9.17, 15) is 14.7 Å². The number of carbonyl (C=O) groups is 2. The van der Waals surface area contributed by atoms with Gasteiger partial charge in [0.05, 0.1) is 12.0 Å². The third-order valence-electron chi connectivity index (χ3n) is 5.48. The molecule has 1 heterocycles. The number of benzene rings is 1. The minimum Gasteiger partial charge on any atom is -0.389 e. The van der Waals surface area contributed by atoms with E-state index >= 15 is 0 Å². The van der Waals surface area contributed by atoms with Crippen molar-refractivity contribution in [1.82, 2.24) is 9.80 Å². The number of rotatable bonds is 3. The number of hydrogen-bond acceptors (Lipinski definition) is 3. The molecule has 0 radical (unpaired) electrons. The second-order valence-corrected chi connectivity index (χ2v) is 7.50. The van der Waals surface area contributed by atoms with E-state index in [0.29, 0.717) is 31.7 Å². The van der Waals surface area contributed by atoms with E-state index in [1.165, 1.54) is 0 Å². The first-order valence-electron chi connectivity index (χ1n) is 9.33. The average molecular weight is 344 g/mol. The Hall–Kier alpha value is -1.88. The van der Waals surface area contributed by atoms with E-state index in [4.69, 9.17) is 0 Å². The number of piperazine rings is 1. The maximum atomic E-state index is 12.5. The maximum Gasteiger partial charge on any atom is 0.253 e. The smallest absolute Gasteiger partial charge is 0.253 e. The summed E-state index contributed by atoms with van der Waals surface area (Å²) in [5.41, 5.74) is 1.01. The summed E-state index contributed by atoms with van der Waals surface area (Å²) in [5.74, 6) is 0.0462. The zero-order valence-electron chi connectivity index (χ0n) is 15.0. The van der Waals surface area contributed by atoms with Gasteiger partial charge >= 0.3 is 0 Å². The van der Waals surface area contributed by atoms with Crippen molar-refractivity contribution in [3.05, 3.63) is 35.4 Å². The van der Waals surface area contributed by atoms with Crippen molar-refractivity contribution in [3.8, 4) is 0 Å². The number of aryl methyl sites for hydroxylation is 1. The van der Waals surface area contributed by atoms with E-state index in [1.807, 2.05) is 36.1 Å². The quantitative estimate of drug-likeness (QED) is 0.916. The lowest BCUT2D eigenvalue weighted by molar-refractivity contribution is -0.139. The van der Waals surface area contributed by atoms with Crippen LogP contribution in [-0.4, -0.2) is 58.5 Å². The Kier molecular flexibility index (Phi) is 5.42. The van der Waals surface area contributed by atoms with Crippen LogP contribution in [0.4, 0.5) is 0 Å². The van der Waals surface area contributed by atoms with Crippen LogP contribution in [0.5, 0.6) is 0 Å². The van der Waals surface area contributed by atoms with E-state index in [0.717, 1.165) is 37.7 Å². The van der Waals surface area contributed by atoms with Crippen LogP contribution in [-0.2, 0) is 4.79 Å². The van der Waals surface area contributed by atoms with Crippen LogP contribution < -0.4 is 0 Å². The Balaban J connectivity index is 1.51. The summed E-state index contributed by atoms with van der Waals surface area (Å²) in [7, 11) is 0. The fourth-order valence-electron chi connectivity index (χ4n) is 3.82. The topological polar surface area (TPSA) is 60.9 Å². The molecule has 1 aromatic rings. The summed E-state index contributed by atoms with van der Waals surface area (Å²) in [5, 5.41) is 10.6. The number of carbonyl (C=O) groups excluding carboxylic acids is 2. The summed E-state index contributed by atoms with van der Waals surface area (Å²) in [6.07, 6.45) is 4.83. The molecule has 2 fully saturated rings. The van der Waals surface area contributed by atoms with Gasteiger partial charge in [-0.2, -0.15) is 0 Å². The summed E-state index contributed by atoms with van der Waals surface area (Å²) in [6, 6.07) is 7.59. The number of aliphatic hydroxyl groups is 1. The molecular formula is C20H28N2O3. The van der Waals surface area contributed by atoms with E-state index in [1.54, 1.807) is 4.90 Å². The molecule has 25 heavy (non-hydrogen) atoms. The van der Waals surface area contributed by atoms with Gasteiger partial charge < -0.3 is 14.9 Å². The van der Waals surface area contributed by atoms with Crippen molar-refractivity contribution in [1.29, 1.82) is 0 Å². The molecule has 1 aromatic carbocycles. The first kappa shape index (κ1) is 17.9. The van der Waals surface area contributed by atoms with Crippen molar-refractivity contribution in [2.45, 2.75) is 51.0 Å². The van der Waals surface area contributed by atoms with Crippen molar-refractivity contribution < 1.29 is 14.7 Å². The lowest BCUT2D eigenvalue weighted by Crippen LogP contribution is -2.52. The fraction of sp³-hybridized carbons (Fsp3) is 0.600. The van der Waals surface area contributed by atoms with Crippen LogP contribution in [0.3, 0.4) is 0 Å². The Morgan fingerprint density at radius 3 is 2.12 bits per heavy atom.